The van der Waals surface area contributed by atoms with E-state index in [0.717, 1.165) is 11.1 Å². The molecule has 0 amide bonds. The molecule has 0 bridgehead atoms. The smallest absolute Gasteiger partial charge is 0.240 e. The minimum atomic E-state index is -3.42. The van der Waals surface area contributed by atoms with E-state index in [1.807, 2.05) is 0 Å². The van der Waals surface area contributed by atoms with Crippen molar-refractivity contribution < 1.29 is 18.6 Å². The van der Waals surface area contributed by atoms with Gasteiger partial charge < -0.3 is 0 Å². The van der Waals surface area contributed by atoms with Crippen LogP contribution in [-0.2, 0) is 21.5 Å². The summed E-state index contributed by atoms with van der Waals surface area (Å²) >= 11 is 0. The first-order chi connectivity index (χ1) is 7.51. The molecule has 0 atom stereocenters. The lowest BCUT2D eigenvalue weighted by atomic mass is 10.1. The van der Waals surface area contributed by atoms with Crippen molar-refractivity contribution in [2.75, 3.05) is 6.54 Å². The van der Waals surface area contributed by atoms with Crippen LogP contribution in [0, 0.1) is 6.92 Å². The molecule has 0 fully saturated rings. The zero-order valence-electron chi connectivity index (χ0n) is 9.23. The van der Waals surface area contributed by atoms with E-state index in [9.17, 15) is 8.42 Å². The molecule has 0 aromatic heterocycles. The van der Waals surface area contributed by atoms with Gasteiger partial charge in [-0.2, -0.15) is 0 Å². The number of benzene rings is 1. The predicted octanol–water partition coefficient (Wildman–Crippen LogP) is 1.28. The van der Waals surface area contributed by atoms with E-state index >= 15 is 0 Å². The monoisotopic (exact) mass is 245 g/mol. The van der Waals surface area contributed by atoms with Crippen molar-refractivity contribution in [3.05, 3.63) is 29.3 Å². The van der Waals surface area contributed by atoms with Crippen molar-refractivity contribution >= 4 is 10.0 Å². The van der Waals surface area contributed by atoms with Gasteiger partial charge in [-0.3, -0.25) is 5.26 Å². The van der Waals surface area contributed by atoms with Crippen molar-refractivity contribution in [2.45, 2.75) is 25.3 Å². The van der Waals surface area contributed by atoms with E-state index < -0.39 is 10.0 Å². The molecule has 90 valence electrons. The molecule has 16 heavy (non-hydrogen) atoms. The van der Waals surface area contributed by atoms with Crippen LogP contribution in [0.2, 0.25) is 0 Å². The van der Waals surface area contributed by atoms with Crippen LogP contribution in [0.3, 0.4) is 0 Å². The molecule has 0 saturated heterocycles. The summed E-state index contributed by atoms with van der Waals surface area (Å²) in [5, 5.41) is 8.33. The van der Waals surface area contributed by atoms with Gasteiger partial charge in [0.1, 0.15) is 6.61 Å². The molecule has 0 aliphatic heterocycles. The van der Waals surface area contributed by atoms with Crippen molar-refractivity contribution in [1.82, 2.24) is 4.72 Å². The maximum atomic E-state index is 11.7. The Morgan fingerprint density at radius 2 is 2.12 bits per heavy atom. The predicted molar refractivity (Wildman–Crippen MR) is 59.5 cm³/mol. The second kappa shape index (κ2) is 5.40. The standard InChI is InChI=1S/C10H15NO4S/c1-3-11-16(13,14)10-5-4-9(7-15-12)8(2)6-10/h4-6,11-12H,3,7H2,1-2H3. The molecule has 0 unspecified atom stereocenters. The molecular formula is C10H15NO4S. The number of hydrogen-bond donors (Lipinski definition) is 2. The third kappa shape index (κ3) is 3.02. The molecule has 6 heteroatoms. The van der Waals surface area contributed by atoms with Crippen LogP contribution in [0.1, 0.15) is 18.1 Å². The number of hydrogen-bond acceptors (Lipinski definition) is 4. The zero-order chi connectivity index (χ0) is 12.2. The molecule has 0 saturated carbocycles. The van der Waals surface area contributed by atoms with Gasteiger partial charge in [0.25, 0.3) is 0 Å². The Labute approximate surface area is 95.0 Å². The van der Waals surface area contributed by atoms with Crippen molar-refractivity contribution in [3.63, 3.8) is 0 Å². The van der Waals surface area contributed by atoms with Crippen LogP contribution >= 0.6 is 0 Å². The lowest BCUT2D eigenvalue weighted by Gasteiger charge is -2.08. The zero-order valence-corrected chi connectivity index (χ0v) is 10.0. The van der Waals surface area contributed by atoms with E-state index in [0.29, 0.717) is 6.54 Å². The Morgan fingerprint density at radius 1 is 1.44 bits per heavy atom. The van der Waals surface area contributed by atoms with E-state index in [1.54, 1.807) is 26.0 Å². The van der Waals surface area contributed by atoms with Gasteiger partial charge >= 0.3 is 0 Å². The summed E-state index contributed by atoms with van der Waals surface area (Å²) in [5.74, 6) is 0. The van der Waals surface area contributed by atoms with Gasteiger partial charge in [0.2, 0.25) is 10.0 Å². The second-order valence-corrected chi connectivity index (χ2v) is 5.13. The molecule has 1 aromatic carbocycles. The van der Waals surface area contributed by atoms with Gasteiger partial charge in [0, 0.05) is 6.54 Å². The maximum Gasteiger partial charge on any atom is 0.240 e. The van der Waals surface area contributed by atoms with E-state index in [2.05, 4.69) is 9.61 Å². The van der Waals surface area contributed by atoms with Gasteiger partial charge in [-0.15, -0.1) is 0 Å². The fourth-order valence-electron chi connectivity index (χ4n) is 1.34. The van der Waals surface area contributed by atoms with Crippen LogP contribution < -0.4 is 4.72 Å². The molecule has 0 heterocycles. The SMILES string of the molecule is CCNS(=O)(=O)c1ccc(COO)c(C)c1. The van der Waals surface area contributed by atoms with Crippen LogP contribution in [0.5, 0.6) is 0 Å². The Balaban J connectivity index is 3.06. The highest BCUT2D eigenvalue weighted by atomic mass is 32.2. The van der Waals surface area contributed by atoms with Crippen molar-refractivity contribution in [1.29, 1.82) is 0 Å². The third-order valence-corrected chi connectivity index (χ3v) is 3.72. The first kappa shape index (κ1) is 13.1. The summed E-state index contributed by atoms with van der Waals surface area (Å²) in [4.78, 5) is 4.23. The highest BCUT2D eigenvalue weighted by molar-refractivity contribution is 7.89. The summed E-state index contributed by atoms with van der Waals surface area (Å²) in [5.41, 5.74) is 1.51. The number of rotatable bonds is 5. The Morgan fingerprint density at radius 3 is 2.62 bits per heavy atom. The van der Waals surface area contributed by atoms with E-state index in [-0.39, 0.29) is 11.5 Å². The molecule has 0 spiro atoms. The van der Waals surface area contributed by atoms with Crippen molar-refractivity contribution in [3.8, 4) is 0 Å². The lowest BCUT2D eigenvalue weighted by Crippen LogP contribution is -2.23. The second-order valence-electron chi connectivity index (χ2n) is 3.36. The van der Waals surface area contributed by atoms with Gasteiger partial charge in [0.15, 0.2) is 0 Å². The average molecular weight is 245 g/mol. The first-order valence-electron chi connectivity index (χ1n) is 4.87. The highest BCUT2D eigenvalue weighted by Crippen LogP contribution is 2.15. The molecule has 0 radical (unpaired) electrons. The van der Waals surface area contributed by atoms with Gasteiger partial charge in [-0.1, -0.05) is 13.0 Å². The van der Waals surface area contributed by atoms with Crippen LogP contribution in [-0.4, -0.2) is 20.2 Å². The maximum absolute atomic E-state index is 11.7. The minimum absolute atomic E-state index is 0.0490. The average Bonchev–Trinajstić information content (AvgIpc) is 2.21. The summed E-state index contributed by atoms with van der Waals surface area (Å²) in [6.07, 6.45) is 0. The van der Waals surface area contributed by atoms with E-state index in [4.69, 9.17) is 5.26 Å². The number of nitrogens with one attached hydrogen (secondary N) is 1. The molecule has 0 aliphatic carbocycles. The third-order valence-electron chi connectivity index (χ3n) is 2.18. The van der Waals surface area contributed by atoms with Gasteiger partial charge in [-0.25, -0.2) is 18.0 Å². The summed E-state index contributed by atoms with van der Waals surface area (Å²) in [6.45, 7) is 3.88. The topological polar surface area (TPSA) is 75.6 Å². The molecular weight excluding hydrogens is 230 g/mol. The molecule has 5 nitrogen and oxygen atoms in total. The van der Waals surface area contributed by atoms with Crippen LogP contribution in [0.25, 0.3) is 0 Å². The summed E-state index contributed by atoms with van der Waals surface area (Å²) < 4.78 is 25.7. The molecule has 2 N–H and O–H groups in total. The van der Waals surface area contributed by atoms with Gasteiger partial charge in [0.05, 0.1) is 4.90 Å². The van der Waals surface area contributed by atoms with Crippen LogP contribution in [0.15, 0.2) is 23.1 Å². The summed E-state index contributed by atoms with van der Waals surface area (Å²) in [7, 11) is -3.42. The molecule has 0 aliphatic rings. The van der Waals surface area contributed by atoms with E-state index in [1.165, 1.54) is 6.07 Å². The quantitative estimate of drug-likeness (QED) is 0.605. The first-order valence-corrected chi connectivity index (χ1v) is 6.35. The normalized spacial score (nSPS) is 11.7. The van der Waals surface area contributed by atoms with Gasteiger partial charge in [-0.05, 0) is 30.2 Å². The Hall–Kier alpha value is -0.950. The fraction of sp³-hybridized carbons (Fsp3) is 0.400. The Kier molecular flexibility index (Phi) is 4.43. The number of aryl methyl sites for hydroxylation is 1. The number of sulfonamides is 1. The summed E-state index contributed by atoms with van der Waals surface area (Å²) in [6, 6.07) is 4.65. The lowest BCUT2D eigenvalue weighted by molar-refractivity contribution is -0.253. The fourth-order valence-corrected chi connectivity index (χ4v) is 2.47. The highest BCUT2D eigenvalue weighted by Gasteiger charge is 2.13. The van der Waals surface area contributed by atoms with Crippen molar-refractivity contribution in [2.24, 2.45) is 0 Å². The molecule has 1 rings (SSSR count). The largest absolute Gasteiger partial charge is 0.251 e. The Bertz CT molecular complexity index is 456. The minimum Gasteiger partial charge on any atom is -0.251 e. The van der Waals surface area contributed by atoms with Crippen LogP contribution in [0.4, 0.5) is 0 Å². The molecule has 1 aromatic rings.